The molecule has 3 N–H and O–H groups in total. The van der Waals surface area contributed by atoms with Crippen molar-refractivity contribution in [3.05, 3.63) is 69.8 Å². The molecule has 0 radical (unpaired) electrons. The summed E-state index contributed by atoms with van der Waals surface area (Å²) in [5.74, 6) is -2.14. The number of nitrogens with one attached hydrogen (secondary N) is 1. The molecule has 4 rings (SSSR count). The van der Waals surface area contributed by atoms with E-state index in [1.807, 2.05) is 18.7 Å². The number of hydrogen-bond donors (Lipinski definition) is 3. The van der Waals surface area contributed by atoms with Crippen molar-refractivity contribution in [3.63, 3.8) is 0 Å². The van der Waals surface area contributed by atoms with Crippen molar-refractivity contribution in [1.82, 2.24) is 15.0 Å². The fraction of sp³-hybridized carbons (Fsp3) is 0.346. The topological polar surface area (TPSA) is 129 Å². The summed E-state index contributed by atoms with van der Waals surface area (Å²) in [4.78, 5) is 35.7. The third-order valence-electron chi connectivity index (χ3n) is 5.96. The van der Waals surface area contributed by atoms with Crippen LogP contribution in [-0.2, 0) is 23.8 Å². The Morgan fingerprint density at radius 1 is 1.00 bits per heavy atom. The Bertz CT molecular complexity index is 1450. The molecule has 0 aliphatic carbocycles. The van der Waals surface area contributed by atoms with Gasteiger partial charge in [0.05, 0.1) is 21.8 Å². The first-order valence-electron chi connectivity index (χ1n) is 12.2. The van der Waals surface area contributed by atoms with E-state index < -0.39 is 29.9 Å². The molecule has 0 bridgehead atoms. The second-order valence-corrected chi connectivity index (χ2v) is 9.74. The van der Waals surface area contributed by atoms with Gasteiger partial charge >= 0.3 is 24.3 Å². The molecule has 42 heavy (non-hydrogen) atoms. The molecule has 2 aromatic heterocycles. The van der Waals surface area contributed by atoms with Crippen molar-refractivity contribution < 1.29 is 46.1 Å². The number of anilines is 3. The maximum absolute atomic E-state index is 12.9. The van der Waals surface area contributed by atoms with Gasteiger partial charge in [-0.05, 0) is 36.8 Å². The SMILES string of the molecule is CC(C)c1nc2c(c(Nc3ccc(C(F)(F)F)cc3)n1)CCN(c1ncc(C(=O)O)cc1Cl)CC2.O=C(O)C(F)(F)F. The predicted octanol–water partition coefficient (Wildman–Crippen LogP) is 6.35. The molecule has 1 aliphatic heterocycles. The van der Waals surface area contributed by atoms with Gasteiger partial charge in [-0.3, -0.25) is 0 Å². The normalized spacial score (nSPS) is 13.5. The predicted molar refractivity (Wildman–Crippen MR) is 140 cm³/mol. The van der Waals surface area contributed by atoms with Gasteiger partial charge in [-0.2, -0.15) is 26.3 Å². The first-order valence-corrected chi connectivity index (χ1v) is 12.6. The quantitative estimate of drug-likeness (QED) is 0.280. The van der Waals surface area contributed by atoms with Crippen molar-refractivity contribution in [2.75, 3.05) is 23.3 Å². The summed E-state index contributed by atoms with van der Waals surface area (Å²) in [5, 5.41) is 19.7. The first kappa shape index (κ1) is 32.4. The number of hydrogen-bond acceptors (Lipinski definition) is 7. The fourth-order valence-corrected chi connectivity index (χ4v) is 4.14. The Kier molecular flexibility index (Phi) is 9.86. The van der Waals surface area contributed by atoms with E-state index >= 15 is 0 Å². The van der Waals surface area contributed by atoms with Gasteiger partial charge in [-0.15, -0.1) is 0 Å². The molecule has 9 nitrogen and oxygen atoms in total. The summed E-state index contributed by atoms with van der Waals surface area (Å²) >= 11 is 6.33. The van der Waals surface area contributed by atoms with Crippen molar-refractivity contribution >= 4 is 40.9 Å². The van der Waals surface area contributed by atoms with Crippen LogP contribution in [0.25, 0.3) is 0 Å². The molecule has 0 unspecified atom stereocenters. The zero-order valence-electron chi connectivity index (χ0n) is 22.0. The second-order valence-electron chi connectivity index (χ2n) is 9.34. The smallest absolute Gasteiger partial charge is 0.478 e. The minimum absolute atomic E-state index is 0.00678. The van der Waals surface area contributed by atoms with E-state index in [0.717, 1.165) is 23.4 Å². The number of carbonyl (C=O) groups is 2. The lowest BCUT2D eigenvalue weighted by Crippen LogP contribution is -2.27. The van der Waals surface area contributed by atoms with E-state index in [0.29, 0.717) is 49.1 Å². The van der Waals surface area contributed by atoms with E-state index in [9.17, 15) is 31.1 Å². The largest absolute Gasteiger partial charge is 0.490 e. The van der Waals surface area contributed by atoms with Crippen molar-refractivity contribution in [2.45, 2.75) is 45.0 Å². The lowest BCUT2D eigenvalue weighted by atomic mass is 10.1. The van der Waals surface area contributed by atoms with Crippen LogP contribution in [-0.4, -0.2) is 56.4 Å². The highest BCUT2D eigenvalue weighted by molar-refractivity contribution is 6.33. The summed E-state index contributed by atoms with van der Waals surface area (Å²) in [7, 11) is 0. The molecular formula is C26H24ClF6N5O4. The van der Waals surface area contributed by atoms with Crippen LogP contribution in [0.1, 0.15) is 52.8 Å². The van der Waals surface area contributed by atoms with Crippen LogP contribution >= 0.6 is 11.6 Å². The molecule has 0 spiro atoms. The number of carboxylic acids is 2. The second kappa shape index (κ2) is 12.8. The Balaban J connectivity index is 0.000000616. The Labute approximate surface area is 240 Å². The number of pyridine rings is 1. The third kappa shape index (κ3) is 8.21. The number of alkyl halides is 6. The number of halogens is 7. The first-order chi connectivity index (χ1) is 19.5. The van der Waals surface area contributed by atoms with Crippen LogP contribution in [0.4, 0.5) is 43.7 Å². The van der Waals surface area contributed by atoms with Crippen LogP contribution in [0.15, 0.2) is 36.5 Å². The number of fused-ring (bicyclic) bond motifs is 1. The number of aromatic carboxylic acids is 1. The van der Waals surface area contributed by atoms with Crippen molar-refractivity contribution in [3.8, 4) is 0 Å². The molecule has 3 heterocycles. The molecule has 16 heteroatoms. The highest BCUT2D eigenvalue weighted by atomic mass is 35.5. The van der Waals surface area contributed by atoms with Crippen LogP contribution in [0.2, 0.25) is 5.02 Å². The lowest BCUT2D eigenvalue weighted by Gasteiger charge is -2.22. The Morgan fingerprint density at radius 2 is 1.60 bits per heavy atom. The molecule has 1 aromatic carbocycles. The van der Waals surface area contributed by atoms with Crippen LogP contribution in [0.3, 0.4) is 0 Å². The van der Waals surface area contributed by atoms with Crippen LogP contribution in [0, 0.1) is 0 Å². The zero-order chi connectivity index (χ0) is 31.4. The fourth-order valence-electron chi connectivity index (χ4n) is 3.85. The van der Waals surface area contributed by atoms with Gasteiger partial charge in [0.2, 0.25) is 0 Å². The van der Waals surface area contributed by atoms with Gasteiger partial charge in [0.25, 0.3) is 0 Å². The van der Waals surface area contributed by atoms with Gasteiger partial charge in [0.15, 0.2) is 0 Å². The van der Waals surface area contributed by atoms with Crippen LogP contribution in [0.5, 0.6) is 0 Å². The zero-order valence-corrected chi connectivity index (χ0v) is 22.8. The van der Waals surface area contributed by atoms with Crippen molar-refractivity contribution in [1.29, 1.82) is 0 Å². The van der Waals surface area contributed by atoms with E-state index in [2.05, 4.69) is 15.3 Å². The highest BCUT2D eigenvalue weighted by Gasteiger charge is 2.38. The van der Waals surface area contributed by atoms with Gasteiger partial charge in [0.1, 0.15) is 17.5 Å². The number of aromatic nitrogens is 3. The summed E-state index contributed by atoms with van der Waals surface area (Å²) in [6, 6.07) is 6.19. The number of rotatable bonds is 5. The number of nitrogens with zero attached hydrogens (tertiary/aromatic N) is 4. The molecule has 0 atom stereocenters. The van der Waals surface area contributed by atoms with Gasteiger partial charge in [-0.1, -0.05) is 25.4 Å². The summed E-state index contributed by atoms with van der Waals surface area (Å²) in [5.41, 5.74) is 1.49. The number of carboxylic acid groups (broad SMARTS) is 2. The molecule has 3 aromatic rings. The van der Waals surface area contributed by atoms with E-state index in [-0.39, 0.29) is 16.5 Å². The standard InChI is InChI=1S/C24H23ClF3N5O2.C2HF3O2/c1-13(2)20-31-19-8-10-33(22-18(25)11-14(12-29-22)23(34)35)9-7-17(19)21(32-20)30-16-5-3-15(4-6-16)24(26,27)28;3-2(4,5)1(6)7/h3-6,11-13H,7-10H2,1-2H3,(H,34,35)(H,30,31,32);(H,6,7). The summed E-state index contributed by atoms with van der Waals surface area (Å²) < 4.78 is 70.5. The van der Waals surface area contributed by atoms with E-state index in [4.69, 9.17) is 31.6 Å². The lowest BCUT2D eigenvalue weighted by molar-refractivity contribution is -0.192. The maximum Gasteiger partial charge on any atom is 0.490 e. The third-order valence-corrected chi connectivity index (χ3v) is 6.24. The molecule has 0 saturated heterocycles. The highest BCUT2D eigenvalue weighted by Crippen LogP contribution is 2.33. The van der Waals surface area contributed by atoms with E-state index in [1.54, 1.807) is 0 Å². The average Bonchev–Trinajstić information content (AvgIpc) is 3.11. The average molecular weight is 620 g/mol. The van der Waals surface area contributed by atoms with Crippen LogP contribution < -0.4 is 10.2 Å². The maximum atomic E-state index is 12.9. The summed E-state index contributed by atoms with van der Waals surface area (Å²) in [6.07, 6.45) is -7.11. The molecule has 0 saturated carbocycles. The number of benzene rings is 1. The molecule has 0 amide bonds. The van der Waals surface area contributed by atoms with Gasteiger partial charge < -0.3 is 20.4 Å². The van der Waals surface area contributed by atoms with Gasteiger partial charge in [0, 0.05) is 42.9 Å². The van der Waals surface area contributed by atoms with Crippen molar-refractivity contribution in [2.24, 2.45) is 0 Å². The monoisotopic (exact) mass is 619 g/mol. The van der Waals surface area contributed by atoms with Gasteiger partial charge in [-0.25, -0.2) is 24.5 Å². The molecule has 0 fully saturated rings. The minimum atomic E-state index is -5.08. The Hall–Kier alpha value is -4.14. The van der Waals surface area contributed by atoms with E-state index in [1.165, 1.54) is 24.4 Å². The molecule has 1 aliphatic rings. The minimum Gasteiger partial charge on any atom is -0.478 e. The Morgan fingerprint density at radius 3 is 2.10 bits per heavy atom. The number of aliphatic carboxylic acids is 1. The molecule has 226 valence electrons. The summed E-state index contributed by atoms with van der Waals surface area (Å²) in [6.45, 7) is 5.03. The molecular weight excluding hydrogens is 596 g/mol.